The number of rotatable bonds is 2. The topological polar surface area (TPSA) is 12.9 Å². The molecule has 0 N–H and O–H groups in total. The van der Waals surface area contributed by atoms with Crippen molar-refractivity contribution in [3.8, 4) is 11.1 Å². The number of pyridine rings is 1. The molecule has 0 amide bonds. The van der Waals surface area contributed by atoms with Crippen molar-refractivity contribution in [2.75, 3.05) is 0 Å². The summed E-state index contributed by atoms with van der Waals surface area (Å²) in [5, 5.41) is 0.848. The molecule has 15 heavy (non-hydrogen) atoms. The van der Waals surface area contributed by atoms with E-state index >= 15 is 0 Å². The molecule has 0 bridgehead atoms. The normalized spacial score (nSPS) is 9.40. The Hall–Kier alpha value is -0.670. The van der Waals surface area contributed by atoms with Crippen molar-refractivity contribution in [2.24, 2.45) is 0 Å². The lowest BCUT2D eigenvalue weighted by Gasteiger charge is -2.01. The van der Waals surface area contributed by atoms with Crippen LogP contribution in [0.15, 0.2) is 48.8 Å². The number of alkyl halides is 1. The average molecular weight is 329 g/mol. The van der Waals surface area contributed by atoms with E-state index in [-0.39, 0.29) is 17.0 Å². The molecular weight excluding hydrogens is 318 g/mol. The SMILES string of the molecule is Br.BrCc1cncc(-c2ccccc2)c1. The Balaban J connectivity index is 0.00000112. The zero-order valence-corrected chi connectivity index (χ0v) is 11.4. The quantitative estimate of drug-likeness (QED) is 0.752. The number of nitrogens with zero attached hydrogens (tertiary/aromatic N) is 1. The first-order valence-electron chi connectivity index (χ1n) is 4.45. The predicted molar refractivity (Wildman–Crippen MR) is 72.6 cm³/mol. The minimum Gasteiger partial charge on any atom is -0.264 e. The summed E-state index contributed by atoms with van der Waals surface area (Å²) in [6.45, 7) is 0. The zero-order chi connectivity index (χ0) is 9.80. The second-order valence-corrected chi connectivity index (χ2v) is 3.64. The number of hydrogen-bond acceptors (Lipinski definition) is 1. The van der Waals surface area contributed by atoms with Crippen LogP contribution in [-0.4, -0.2) is 4.98 Å². The van der Waals surface area contributed by atoms with Gasteiger partial charge in [0.25, 0.3) is 0 Å². The van der Waals surface area contributed by atoms with E-state index in [4.69, 9.17) is 0 Å². The van der Waals surface area contributed by atoms with Gasteiger partial charge in [0, 0.05) is 23.3 Å². The lowest BCUT2D eigenvalue weighted by atomic mass is 10.1. The highest BCUT2D eigenvalue weighted by molar-refractivity contribution is 9.08. The van der Waals surface area contributed by atoms with Crippen molar-refractivity contribution >= 4 is 32.9 Å². The van der Waals surface area contributed by atoms with Gasteiger partial charge >= 0.3 is 0 Å². The number of benzene rings is 1. The maximum absolute atomic E-state index is 4.20. The summed E-state index contributed by atoms with van der Waals surface area (Å²) in [6, 6.07) is 12.4. The lowest BCUT2D eigenvalue weighted by molar-refractivity contribution is 1.26. The van der Waals surface area contributed by atoms with Gasteiger partial charge in [0.2, 0.25) is 0 Å². The van der Waals surface area contributed by atoms with Crippen LogP contribution < -0.4 is 0 Å². The summed E-state index contributed by atoms with van der Waals surface area (Å²) < 4.78 is 0. The summed E-state index contributed by atoms with van der Waals surface area (Å²) in [4.78, 5) is 4.20. The molecule has 0 saturated heterocycles. The first kappa shape index (κ1) is 12.4. The van der Waals surface area contributed by atoms with Crippen molar-refractivity contribution in [3.63, 3.8) is 0 Å². The van der Waals surface area contributed by atoms with Crippen LogP contribution in [0.3, 0.4) is 0 Å². The van der Waals surface area contributed by atoms with Gasteiger partial charge in [-0.05, 0) is 17.2 Å². The smallest absolute Gasteiger partial charge is 0.0346 e. The predicted octanol–water partition coefficient (Wildman–Crippen LogP) is 4.22. The summed E-state index contributed by atoms with van der Waals surface area (Å²) in [5.41, 5.74) is 3.58. The van der Waals surface area contributed by atoms with Crippen molar-refractivity contribution in [1.82, 2.24) is 4.98 Å². The van der Waals surface area contributed by atoms with Gasteiger partial charge in [0.1, 0.15) is 0 Å². The molecule has 1 nitrogen and oxygen atoms in total. The van der Waals surface area contributed by atoms with Crippen LogP contribution in [0.2, 0.25) is 0 Å². The Morgan fingerprint density at radius 3 is 2.40 bits per heavy atom. The molecule has 0 atom stereocenters. The Morgan fingerprint density at radius 2 is 1.73 bits per heavy atom. The van der Waals surface area contributed by atoms with E-state index in [0.29, 0.717) is 0 Å². The van der Waals surface area contributed by atoms with Crippen LogP contribution in [0.5, 0.6) is 0 Å². The van der Waals surface area contributed by atoms with Gasteiger partial charge in [-0.25, -0.2) is 0 Å². The Labute approximate surface area is 108 Å². The Kier molecular flexibility index (Phi) is 4.99. The molecule has 1 heterocycles. The fourth-order valence-electron chi connectivity index (χ4n) is 1.35. The molecule has 2 rings (SSSR count). The zero-order valence-electron chi connectivity index (χ0n) is 8.06. The second kappa shape index (κ2) is 6.03. The molecule has 0 radical (unpaired) electrons. The summed E-state index contributed by atoms with van der Waals surface area (Å²) >= 11 is 3.42. The molecule has 0 saturated carbocycles. The lowest BCUT2D eigenvalue weighted by Crippen LogP contribution is -1.83. The third-order valence-corrected chi connectivity index (χ3v) is 2.70. The van der Waals surface area contributed by atoms with E-state index in [2.05, 4.69) is 39.1 Å². The molecule has 0 aliphatic carbocycles. The highest BCUT2D eigenvalue weighted by atomic mass is 79.9. The highest BCUT2D eigenvalue weighted by Gasteiger charge is 1.97. The molecule has 3 heteroatoms. The van der Waals surface area contributed by atoms with Gasteiger partial charge in [-0.15, -0.1) is 17.0 Å². The van der Waals surface area contributed by atoms with E-state index in [1.165, 1.54) is 16.7 Å². The highest BCUT2D eigenvalue weighted by Crippen LogP contribution is 2.19. The third kappa shape index (κ3) is 3.14. The first-order chi connectivity index (χ1) is 6.90. The molecule has 0 unspecified atom stereocenters. The van der Waals surface area contributed by atoms with Gasteiger partial charge in [0.05, 0.1) is 0 Å². The number of hydrogen-bond donors (Lipinski definition) is 0. The maximum atomic E-state index is 4.20. The molecule has 0 fully saturated rings. The van der Waals surface area contributed by atoms with Crippen LogP contribution in [0.1, 0.15) is 5.56 Å². The van der Waals surface area contributed by atoms with Crippen molar-refractivity contribution in [3.05, 3.63) is 54.4 Å². The maximum Gasteiger partial charge on any atom is 0.0346 e. The minimum absolute atomic E-state index is 0. The van der Waals surface area contributed by atoms with Crippen molar-refractivity contribution < 1.29 is 0 Å². The Morgan fingerprint density at radius 1 is 1.00 bits per heavy atom. The van der Waals surface area contributed by atoms with Gasteiger partial charge < -0.3 is 0 Å². The first-order valence-corrected chi connectivity index (χ1v) is 5.57. The fraction of sp³-hybridized carbons (Fsp3) is 0.0833. The molecule has 1 aromatic carbocycles. The standard InChI is InChI=1S/C12H10BrN.BrH/c13-7-10-6-12(9-14-8-10)11-4-2-1-3-5-11;/h1-6,8-9H,7H2;1H. The number of aromatic nitrogens is 1. The monoisotopic (exact) mass is 327 g/mol. The molecule has 2 aromatic rings. The van der Waals surface area contributed by atoms with Crippen molar-refractivity contribution in [1.29, 1.82) is 0 Å². The van der Waals surface area contributed by atoms with Crippen LogP contribution in [0.4, 0.5) is 0 Å². The van der Waals surface area contributed by atoms with Crippen LogP contribution in [0.25, 0.3) is 11.1 Å². The van der Waals surface area contributed by atoms with Gasteiger partial charge in [-0.2, -0.15) is 0 Å². The van der Waals surface area contributed by atoms with Crippen LogP contribution in [-0.2, 0) is 5.33 Å². The largest absolute Gasteiger partial charge is 0.264 e. The second-order valence-electron chi connectivity index (χ2n) is 3.08. The average Bonchev–Trinajstić information content (AvgIpc) is 2.30. The van der Waals surface area contributed by atoms with E-state index in [9.17, 15) is 0 Å². The van der Waals surface area contributed by atoms with E-state index < -0.39 is 0 Å². The van der Waals surface area contributed by atoms with Crippen molar-refractivity contribution in [2.45, 2.75) is 5.33 Å². The number of halogens is 2. The third-order valence-electron chi connectivity index (χ3n) is 2.06. The molecule has 0 aliphatic rings. The van der Waals surface area contributed by atoms with Gasteiger partial charge in [-0.1, -0.05) is 46.3 Å². The molecular formula is C12H11Br2N. The molecule has 0 aliphatic heterocycles. The van der Waals surface area contributed by atoms with Gasteiger partial charge in [0.15, 0.2) is 0 Å². The summed E-state index contributed by atoms with van der Waals surface area (Å²) in [6.07, 6.45) is 3.77. The molecule has 78 valence electrons. The van der Waals surface area contributed by atoms with Gasteiger partial charge in [-0.3, -0.25) is 4.98 Å². The molecule has 1 aromatic heterocycles. The van der Waals surface area contributed by atoms with Crippen LogP contribution >= 0.6 is 32.9 Å². The molecule has 0 spiro atoms. The van der Waals surface area contributed by atoms with Crippen LogP contribution in [0, 0.1) is 0 Å². The minimum atomic E-state index is 0. The fourth-order valence-corrected chi connectivity index (χ4v) is 1.66. The summed E-state index contributed by atoms with van der Waals surface area (Å²) in [5.74, 6) is 0. The van der Waals surface area contributed by atoms with E-state index in [1.54, 1.807) is 0 Å². The van der Waals surface area contributed by atoms with E-state index in [1.807, 2.05) is 30.6 Å². The van der Waals surface area contributed by atoms with E-state index in [0.717, 1.165) is 5.33 Å². The Bertz CT molecular complexity index is 415. The summed E-state index contributed by atoms with van der Waals surface area (Å²) in [7, 11) is 0.